The zero-order valence-corrected chi connectivity index (χ0v) is 11.6. The van der Waals surface area contributed by atoms with E-state index in [-0.39, 0.29) is 18.4 Å². The number of aryl methyl sites for hydroxylation is 1. The second kappa shape index (κ2) is 6.84. The van der Waals surface area contributed by atoms with Crippen molar-refractivity contribution in [1.29, 1.82) is 0 Å². The number of aliphatic hydroxyl groups is 1. The molecule has 0 aliphatic heterocycles. The number of rotatable bonds is 6. The van der Waals surface area contributed by atoms with Gasteiger partial charge in [-0.1, -0.05) is 0 Å². The Hall–Kier alpha value is -2.42. The van der Waals surface area contributed by atoms with Crippen molar-refractivity contribution in [3.8, 4) is 0 Å². The molecule has 9 nitrogen and oxygen atoms in total. The predicted octanol–water partition coefficient (Wildman–Crippen LogP) is -1.75. The maximum absolute atomic E-state index is 11.7. The molecule has 1 aromatic heterocycles. The zero-order chi connectivity index (χ0) is 16.2. The maximum atomic E-state index is 11.7. The summed E-state index contributed by atoms with van der Waals surface area (Å²) in [5.74, 6) is -1.97. The highest BCUT2D eigenvalue weighted by molar-refractivity contribution is 5.84. The summed E-state index contributed by atoms with van der Waals surface area (Å²) in [6.45, 7) is 2.77. The monoisotopic (exact) mass is 299 g/mol. The molecule has 0 aromatic carbocycles. The number of carbonyl (C=O) groups is 2. The number of aromatic nitrogens is 2. The van der Waals surface area contributed by atoms with Crippen LogP contribution in [0, 0.1) is 6.92 Å². The highest BCUT2D eigenvalue weighted by Gasteiger charge is 2.24. The van der Waals surface area contributed by atoms with Crippen LogP contribution < -0.4 is 16.6 Å². The summed E-state index contributed by atoms with van der Waals surface area (Å²) in [6.07, 6.45) is -1.35. The van der Waals surface area contributed by atoms with Crippen LogP contribution in [-0.2, 0) is 16.0 Å². The van der Waals surface area contributed by atoms with Crippen molar-refractivity contribution < 1.29 is 19.8 Å². The van der Waals surface area contributed by atoms with Crippen molar-refractivity contribution >= 4 is 11.9 Å². The second-order valence-electron chi connectivity index (χ2n) is 4.64. The van der Waals surface area contributed by atoms with Crippen LogP contribution in [0.4, 0.5) is 0 Å². The van der Waals surface area contributed by atoms with Gasteiger partial charge < -0.3 is 20.5 Å². The minimum atomic E-state index is -1.41. The predicted molar refractivity (Wildman–Crippen MR) is 72.0 cm³/mol. The summed E-state index contributed by atoms with van der Waals surface area (Å²) >= 11 is 0. The minimum absolute atomic E-state index is 0.0376. The molecule has 0 fully saturated rings. The fourth-order valence-corrected chi connectivity index (χ4v) is 1.80. The molecule has 2 atom stereocenters. The van der Waals surface area contributed by atoms with Gasteiger partial charge in [-0.25, -0.2) is 9.59 Å². The number of hydrogen-bond acceptors (Lipinski definition) is 5. The minimum Gasteiger partial charge on any atom is -0.480 e. The molecular weight excluding hydrogens is 282 g/mol. The van der Waals surface area contributed by atoms with Gasteiger partial charge in [0.25, 0.3) is 5.56 Å². The van der Waals surface area contributed by atoms with E-state index in [1.807, 2.05) is 4.98 Å². The first kappa shape index (κ1) is 16.6. The molecule has 0 radical (unpaired) electrons. The largest absolute Gasteiger partial charge is 0.480 e. The second-order valence-corrected chi connectivity index (χ2v) is 4.64. The van der Waals surface area contributed by atoms with Gasteiger partial charge in [0.15, 0.2) is 6.04 Å². The van der Waals surface area contributed by atoms with Crippen LogP contribution in [0.3, 0.4) is 0 Å². The van der Waals surface area contributed by atoms with E-state index in [1.165, 1.54) is 13.8 Å². The number of carbonyl (C=O) groups excluding carboxylic acids is 1. The van der Waals surface area contributed by atoms with Gasteiger partial charge in [-0.15, -0.1) is 0 Å². The molecule has 1 aromatic rings. The Labute approximate surface area is 119 Å². The number of amides is 1. The molecule has 0 aliphatic rings. The topological polar surface area (TPSA) is 152 Å². The fraction of sp³-hybridized carbons (Fsp3) is 0.500. The van der Waals surface area contributed by atoms with Gasteiger partial charge in [0.2, 0.25) is 5.91 Å². The van der Waals surface area contributed by atoms with Crippen molar-refractivity contribution in [1.82, 2.24) is 15.3 Å². The molecule has 0 saturated heterocycles. The fourth-order valence-electron chi connectivity index (χ4n) is 1.80. The van der Waals surface area contributed by atoms with E-state index < -0.39 is 35.3 Å². The van der Waals surface area contributed by atoms with Crippen LogP contribution in [0.5, 0.6) is 0 Å². The Morgan fingerprint density at radius 3 is 2.38 bits per heavy atom. The summed E-state index contributed by atoms with van der Waals surface area (Å²) in [5.41, 5.74) is -0.629. The molecule has 0 bridgehead atoms. The van der Waals surface area contributed by atoms with Crippen molar-refractivity contribution in [2.75, 3.05) is 0 Å². The van der Waals surface area contributed by atoms with Gasteiger partial charge in [-0.05, 0) is 20.3 Å². The molecule has 2 unspecified atom stereocenters. The van der Waals surface area contributed by atoms with Gasteiger partial charge in [0.1, 0.15) is 0 Å². The number of aromatic amines is 2. The summed E-state index contributed by atoms with van der Waals surface area (Å²) < 4.78 is 0. The first-order valence-corrected chi connectivity index (χ1v) is 6.24. The quantitative estimate of drug-likeness (QED) is 0.420. The molecule has 0 saturated carbocycles. The number of aliphatic hydroxyl groups excluding tert-OH is 1. The van der Waals surface area contributed by atoms with Gasteiger partial charge in [-0.2, -0.15) is 0 Å². The van der Waals surface area contributed by atoms with Crippen molar-refractivity contribution in [3.05, 3.63) is 32.1 Å². The molecule has 1 amide bonds. The number of H-pyrrole nitrogens is 2. The maximum Gasteiger partial charge on any atom is 0.328 e. The Balaban J connectivity index is 2.72. The van der Waals surface area contributed by atoms with Crippen molar-refractivity contribution in [2.45, 2.75) is 38.8 Å². The first-order valence-electron chi connectivity index (χ1n) is 6.24. The molecule has 0 aliphatic carbocycles. The lowest BCUT2D eigenvalue weighted by Gasteiger charge is -2.16. The standard InChI is InChI=1S/C12H17N3O6/c1-5-7(10(18)15-12(21)13-5)3-4-8(17)14-9(6(2)16)11(19)20/h6,9,16H,3-4H2,1-2H3,(H,14,17)(H,19,20)(H2,13,15,18,21). The highest BCUT2D eigenvalue weighted by atomic mass is 16.4. The van der Waals surface area contributed by atoms with Crippen molar-refractivity contribution in [3.63, 3.8) is 0 Å². The van der Waals surface area contributed by atoms with E-state index in [1.54, 1.807) is 0 Å². The lowest BCUT2D eigenvalue weighted by Crippen LogP contribution is -2.47. The third kappa shape index (κ3) is 4.56. The average Bonchev–Trinajstić information content (AvgIpc) is 2.33. The normalized spacial score (nSPS) is 13.5. The van der Waals surface area contributed by atoms with E-state index in [4.69, 9.17) is 5.11 Å². The third-order valence-corrected chi connectivity index (χ3v) is 2.92. The van der Waals surface area contributed by atoms with Crippen LogP contribution in [0.15, 0.2) is 9.59 Å². The van der Waals surface area contributed by atoms with Crippen LogP contribution >= 0.6 is 0 Å². The van der Waals surface area contributed by atoms with Crippen molar-refractivity contribution in [2.24, 2.45) is 0 Å². The van der Waals surface area contributed by atoms with Gasteiger partial charge in [0.05, 0.1) is 6.10 Å². The molecule has 1 heterocycles. The third-order valence-electron chi connectivity index (χ3n) is 2.92. The van der Waals surface area contributed by atoms with E-state index in [0.717, 1.165) is 0 Å². The number of aliphatic carboxylic acids is 1. The summed E-state index contributed by atoms with van der Waals surface area (Å²) in [7, 11) is 0. The average molecular weight is 299 g/mol. The Morgan fingerprint density at radius 1 is 1.29 bits per heavy atom. The van der Waals surface area contributed by atoms with Crippen LogP contribution in [0.2, 0.25) is 0 Å². The summed E-state index contributed by atoms with van der Waals surface area (Å²) in [4.78, 5) is 49.5. The Kier molecular flexibility index (Phi) is 5.42. The van der Waals surface area contributed by atoms with Crippen LogP contribution in [-0.4, -0.2) is 44.2 Å². The van der Waals surface area contributed by atoms with E-state index >= 15 is 0 Å². The van der Waals surface area contributed by atoms with Gasteiger partial charge in [-0.3, -0.25) is 14.6 Å². The highest BCUT2D eigenvalue weighted by Crippen LogP contribution is 2.01. The molecular formula is C12H17N3O6. The number of hydrogen-bond donors (Lipinski definition) is 5. The van der Waals surface area contributed by atoms with Crippen LogP contribution in [0.25, 0.3) is 0 Å². The van der Waals surface area contributed by atoms with Gasteiger partial charge in [0, 0.05) is 17.7 Å². The first-order chi connectivity index (χ1) is 9.72. The Bertz CT molecular complexity index is 645. The molecule has 21 heavy (non-hydrogen) atoms. The Morgan fingerprint density at radius 2 is 1.90 bits per heavy atom. The van der Waals surface area contributed by atoms with Gasteiger partial charge >= 0.3 is 11.7 Å². The summed E-state index contributed by atoms with van der Waals surface area (Å²) in [6, 6.07) is -1.41. The lowest BCUT2D eigenvalue weighted by molar-refractivity contribution is -0.144. The smallest absolute Gasteiger partial charge is 0.328 e. The molecule has 5 N–H and O–H groups in total. The van der Waals surface area contributed by atoms with E-state index in [2.05, 4.69) is 10.3 Å². The van der Waals surface area contributed by atoms with E-state index in [0.29, 0.717) is 5.69 Å². The molecule has 9 heteroatoms. The molecule has 116 valence electrons. The number of carboxylic acids is 1. The number of nitrogens with one attached hydrogen (secondary N) is 3. The summed E-state index contributed by atoms with van der Waals surface area (Å²) in [5, 5.41) is 20.2. The molecule has 1 rings (SSSR count). The lowest BCUT2D eigenvalue weighted by atomic mass is 10.1. The molecule has 0 spiro atoms. The zero-order valence-electron chi connectivity index (χ0n) is 11.6. The van der Waals surface area contributed by atoms with Crippen LogP contribution in [0.1, 0.15) is 24.6 Å². The SMILES string of the molecule is Cc1[nH]c(=O)[nH]c(=O)c1CCC(=O)NC(C(=O)O)C(C)O. The van der Waals surface area contributed by atoms with E-state index in [9.17, 15) is 24.3 Å². The number of carboxylic acid groups (broad SMARTS) is 1.